The number of benzene rings is 1. The van der Waals surface area contributed by atoms with Gasteiger partial charge in [-0.25, -0.2) is 4.63 Å². The molecule has 1 aromatic carbocycles. The molecule has 2 saturated heterocycles. The van der Waals surface area contributed by atoms with Crippen LogP contribution in [0.1, 0.15) is 38.2 Å². The quantitative estimate of drug-likeness (QED) is 0.899. The Labute approximate surface area is 128 Å². The van der Waals surface area contributed by atoms with E-state index >= 15 is 0 Å². The monoisotopic (exact) mass is 300 g/mol. The Morgan fingerprint density at radius 1 is 1.41 bits per heavy atom. The van der Waals surface area contributed by atoms with Crippen LogP contribution in [-0.2, 0) is 11.3 Å². The highest BCUT2D eigenvalue weighted by atomic mass is 16.6. The molecule has 6 heteroatoms. The first-order valence-electron chi connectivity index (χ1n) is 7.97. The minimum atomic E-state index is -0.234. The molecule has 22 heavy (non-hydrogen) atoms. The van der Waals surface area contributed by atoms with Crippen LogP contribution in [0.3, 0.4) is 0 Å². The summed E-state index contributed by atoms with van der Waals surface area (Å²) in [4.78, 5) is 12.8. The molecular weight excluding hydrogens is 280 g/mol. The fourth-order valence-electron chi connectivity index (χ4n) is 4.10. The topological polar surface area (TPSA) is 80.1 Å². The molecule has 3 atom stereocenters. The minimum absolute atomic E-state index is 0.174. The highest BCUT2D eigenvalue weighted by Crippen LogP contribution is 2.45. The van der Waals surface area contributed by atoms with Crippen molar-refractivity contribution in [1.82, 2.24) is 20.9 Å². The van der Waals surface area contributed by atoms with Crippen LogP contribution in [0.4, 0.5) is 0 Å². The molecule has 0 unspecified atom stereocenters. The van der Waals surface area contributed by atoms with Crippen LogP contribution < -0.4 is 10.6 Å². The maximum absolute atomic E-state index is 12.8. The van der Waals surface area contributed by atoms with Crippen molar-refractivity contribution in [3.63, 3.8) is 0 Å². The Morgan fingerprint density at radius 3 is 3.00 bits per heavy atom. The highest BCUT2D eigenvalue weighted by Gasteiger charge is 2.54. The molecule has 2 N–H and O–H groups in total. The van der Waals surface area contributed by atoms with Gasteiger partial charge in [-0.05, 0) is 53.7 Å². The van der Waals surface area contributed by atoms with Crippen LogP contribution in [0.5, 0.6) is 0 Å². The van der Waals surface area contributed by atoms with Crippen LogP contribution in [-0.4, -0.2) is 28.3 Å². The van der Waals surface area contributed by atoms with Crippen molar-refractivity contribution in [2.45, 2.75) is 51.2 Å². The Morgan fingerprint density at radius 2 is 2.27 bits per heavy atom. The molecule has 2 bridgehead atoms. The summed E-state index contributed by atoms with van der Waals surface area (Å²) < 4.78 is 4.70. The van der Waals surface area contributed by atoms with Crippen LogP contribution >= 0.6 is 0 Å². The second kappa shape index (κ2) is 5.05. The molecule has 3 heterocycles. The molecule has 0 aliphatic carbocycles. The summed E-state index contributed by atoms with van der Waals surface area (Å²) in [6.07, 6.45) is 4.17. The van der Waals surface area contributed by atoms with Crippen molar-refractivity contribution >= 4 is 16.9 Å². The van der Waals surface area contributed by atoms with Crippen molar-refractivity contribution in [3.8, 4) is 0 Å². The Hall–Kier alpha value is -1.95. The van der Waals surface area contributed by atoms with Gasteiger partial charge >= 0.3 is 0 Å². The van der Waals surface area contributed by atoms with Gasteiger partial charge in [-0.3, -0.25) is 4.79 Å². The van der Waals surface area contributed by atoms with E-state index < -0.39 is 0 Å². The third-order valence-corrected chi connectivity index (χ3v) is 5.37. The van der Waals surface area contributed by atoms with Crippen LogP contribution in [0.2, 0.25) is 0 Å². The number of aromatic nitrogens is 2. The Balaban J connectivity index is 1.47. The van der Waals surface area contributed by atoms with E-state index in [-0.39, 0.29) is 11.3 Å². The number of rotatable bonds is 4. The van der Waals surface area contributed by atoms with Crippen molar-refractivity contribution in [3.05, 3.63) is 23.8 Å². The number of hydrogen-bond donors (Lipinski definition) is 2. The maximum Gasteiger partial charge on any atom is 0.228 e. The lowest BCUT2D eigenvalue weighted by Gasteiger charge is -2.34. The first-order chi connectivity index (χ1) is 10.7. The van der Waals surface area contributed by atoms with Crippen molar-refractivity contribution in [2.75, 3.05) is 0 Å². The lowest BCUT2D eigenvalue weighted by Crippen LogP contribution is -2.47. The standard InChI is InChI=1S/C16H20N4O2/c1-2-16(8-11-4-6-14(16)18-11)15(21)17-9-10-3-5-12-13(7-10)20-22-19-12/h3,5,7,11,14,18H,2,4,6,8-9H2,1H3,(H,17,21)/t11-,14+,16+/m0/s1. The summed E-state index contributed by atoms with van der Waals surface area (Å²) in [5.74, 6) is 0.174. The van der Waals surface area contributed by atoms with Crippen molar-refractivity contribution in [1.29, 1.82) is 0 Å². The molecule has 116 valence electrons. The molecule has 2 fully saturated rings. The zero-order valence-corrected chi connectivity index (χ0v) is 12.6. The molecule has 6 nitrogen and oxygen atoms in total. The van der Waals surface area contributed by atoms with Crippen molar-refractivity contribution in [2.24, 2.45) is 5.41 Å². The van der Waals surface area contributed by atoms with Gasteiger partial charge < -0.3 is 10.6 Å². The van der Waals surface area contributed by atoms with Gasteiger partial charge in [-0.15, -0.1) is 0 Å². The number of nitrogens with one attached hydrogen (secondary N) is 2. The molecule has 4 rings (SSSR count). The van der Waals surface area contributed by atoms with E-state index in [1.54, 1.807) is 0 Å². The molecule has 0 spiro atoms. The molecule has 0 saturated carbocycles. The van der Waals surface area contributed by atoms with E-state index in [0.29, 0.717) is 18.6 Å². The van der Waals surface area contributed by atoms with E-state index in [2.05, 4.69) is 27.9 Å². The van der Waals surface area contributed by atoms with E-state index in [4.69, 9.17) is 4.63 Å². The van der Waals surface area contributed by atoms with E-state index in [1.807, 2.05) is 18.2 Å². The summed E-state index contributed by atoms with van der Waals surface area (Å²) >= 11 is 0. The van der Waals surface area contributed by atoms with Crippen molar-refractivity contribution < 1.29 is 9.42 Å². The zero-order chi connectivity index (χ0) is 15.2. The third-order valence-electron chi connectivity index (χ3n) is 5.37. The fraction of sp³-hybridized carbons (Fsp3) is 0.562. The third kappa shape index (κ3) is 2.01. The predicted octanol–water partition coefficient (Wildman–Crippen LogP) is 1.76. The molecule has 1 aromatic heterocycles. The molecule has 0 radical (unpaired) electrons. The van der Waals surface area contributed by atoms with Gasteiger partial charge in [0, 0.05) is 18.6 Å². The van der Waals surface area contributed by atoms with E-state index in [1.165, 1.54) is 6.42 Å². The van der Waals surface area contributed by atoms with Crippen LogP contribution in [0.25, 0.3) is 11.0 Å². The average molecular weight is 300 g/mol. The number of carbonyl (C=O) groups excluding carboxylic acids is 1. The Bertz CT molecular complexity index is 713. The fourth-order valence-corrected chi connectivity index (χ4v) is 4.10. The van der Waals surface area contributed by atoms with Gasteiger partial charge in [0.1, 0.15) is 11.0 Å². The summed E-state index contributed by atoms with van der Waals surface area (Å²) in [6.45, 7) is 2.63. The normalized spacial score (nSPS) is 30.0. The number of carbonyl (C=O) groups is 1. The van der Waals surface area contributed by atoms with Gasteiger partial charge in [-0.1, -0.05) is 13.0 Å². The van der Waals surface area contributed by atoms with Gasteiger partial charge in [0.2, 0.25) is 5.91 Å². The lowest BCUT2D eigenvalue weighted by molar-refractivity contribution is -0.132. The number of hydrogen-bond acceptors (Lipinski definition) is 5. The van der Waals surface area contributed by atoms with Gasteiger partial charge in [0.05, 0.1) is 5.41 Å². The van der Waals surface area contributed by atoms with Gasteiger partial charge in [0.15, 0.2) is 0 Å². The molecule has 2 aliphatic heterocycles. The average Bonchev–Trinajstić information content (AvgIpc) is 3.26. The van der Waals surface area contributed by atoms with E-state index in [0.717, 1.165) is 35.9 Å². The summed E-state index contributed by atoms with van der Waals surface area (Å²) in [5.41, 5.74) is 2.23. The molecule has 2 aromatic rings. The lowest BCUT2D eigenvalue weighted by atomic mass is 9.71. The molecular formula is C16H20N4O2. The first-order valence-corrected chi connectivity index (χ1v) is 7.97. The largest absolute Gasteiger partial charge is 0.351 e. The smallest absolute Gasteiger partial charge is 0.228 e. The number of amides is 1. The SMILES string of the molecule is CC[C@@]1(C(=O)NCc2ccc3nonc3c2)C[C@@H]2CC[C@H]1N2. The zero-order valence-electron chi connectivity index (χ0n) is 12.6. The van der Waals surface area contributed by atoms with E-state index in [9.17, 15) is 4.79 Å². The summed E-state index contributed by atoms with van der Waals surface area (Å²) in [5, 5.41) is 14.3. The summed E-state index contributed by atoms with van der Waals surface area (Å²) in [6, 6.07) is 6.58. The Kier molecular flexibility index (Phi) is 3.14. The highest BCUT2D eigenvalue weighted by molar-refractivity contribution is 5.84. The predicted molar refractivity (Wildman–Crippen MR) is 80.9 cm³/mol. The molecule has 1 amide bonds. The maximum atomic E-state index is 12.8. The van der Waals surface area contributed by atoms with Crippen LogP contribution in [0.15, 0.2) is 22.8 Å². The molecule has 2 aliphatic rings. The number of nitrogens with zero attached hydrogens (tertiary/aromatic N) is 2. The second-order valence-electron chi connectivity index (χ2n) is 6.48. The van der Waals surface area contributed by atoms with Gasteiger partial charge in [-0.2, -0.15) is 0 Å². The minimum Gasteiger partial charge on any atom is -0.351 e. The number of fused-ring (bicyclic) bond motifs is 3. The summed E-state index contributed by atoms with van der Waals surface area (Å²) in [7, 11) is 0. The first kappa shape index (κ1) is 13.7. The second-order valence-corrected chi connectivity index (χ2v) is 6.48. The van der Waals surface area contributed by atoms with Crippen LogP contribution in [0, 0.1) is 5.41 Å². The van der Waals surface area contributed by atoms with Gasteiger partial charge in [0.25, 0.3) is 0 Å².